The molecule has 1 aromatic carbocycles. The minimum atomic E-state index is -3.79. The number of anilines is 1. The van der Waals surface area contributed by atoms with Crippen LogP contribution in [0.1, 0.15) is 47.4 Å². The van der Waals surface area contributed by atoms with Gasteiger partial charge in [-0.3, -0.25) is 4.57 Å². The summed E-state index contributed by atoms with van der Waals surface area (Å²) in [6.45, 7) is 12.4. The van der Waals surface area contributed by atoms with E-state index in [1.54, 1.807) is 16.7 Å². The van der Waals surface area contributed by atoms with E-state index < -0.39 is 21.8 Å². The monoisotopic (exact) mass is 532 g/mol. The molecule has 0 saturated heterocycles. The van der Waals surface area contributed by atoms with Gasteiger partial charge in [0, 0.05) is 23.6 Å². The van der Waals surface area contributed by atoms with Crippen molar-refractivity contribution in [2.24, 2.45) is 5.41 Å². The quantitative estimate of drug-likeness (QED) is 0.319. The summed E-state index contributed by atoms with van der Waals surface area (Å²) in [7, 11) is -3.79. The maximum Gasteiger partial charge on any atom is 0.285 e. The number of pyridine rings is 1. The van der Waals surface area contributed by atoms with Gasteiger partial charge in [0.05, 0.1) is 17.6 Å². The molecule has 0 unspecified atom stereocenters. The Morgan fingerprint density at radius 2 is 1.73 bits per heavy atom. The topological polar surface area (TPSA) is 115 Å². The maximum absolute atomic E-state index is 14.8. The van der Waals surface area contributed by atoms with E-state index in [4.69, 9.17) is 14.3 Å². The van der Waals surface area contributed by atoms with E-state index in [9.17, 15) is 17.2 Å². The van der Waals surface area contributed by atoms with E-state index in [2.05, 4.69) is 15.4 Å². The highest BCUT2D eigenvalue weighted by Crippen LogP contribution is 2.35. The van der Waals surface area contributed by atoms with Gasteiger partial charge in [-0.25, -0.2) is 29.2 Å². The molecule has 4 rings (SSSR count). The number of imidazole rings is 2. The molecule has 3 heterocycles. The van der Waals surface area contributed by atoms with Gasteiger partial charge in [0.2, 0.25) is 5.95 Å². The van der Waals surface area contributed by atoms with Gasteiger partial charge in [-0.2, -0.15) is 8.42 Å². The number of nitrogens with zero attached hydrogens (tertiary/aromatic N) is 4. The molecule has 3 aromatic heterocycles. The van der Waals surface area contributed by atoms with Gasteiger partial charge in [-0.1, -0.05) is 41.5 Å². The van der Waals surface area contributed by atoms with E-state index in [0.717, 1.165) is 12.3 Å². The third-order valence-electron chi connectivity index (χ3n) is 5.37. The number of hydrogen-bond donors (Lipinski definition) is 2. The molecule has 0 amide bonds. The summed E-state index contributed by atoms with van der Waals surface area (Å²) >= 11 is 0. The molecule has 0 aliphatic rings. The van der Waals surface area contributed by atoms with Crippen LogP contribution in [-0.2, 0) is 26.4 Å². The largest absolute Gasteiger partial charge is 0.341 e. The standard InChI is InChI=1S/C25H30F2N6O3S/c1-24(2,3)13-33-21-18(29-23(33)32-36-37(7,34)35)11-10-17(28-21)20-19(30-22(31-20)25(4,5)6)15-9-8-14(26)12-16(15)27/h8-12H,13H2,1-7H3,(H,29,32)(H,30,31). The molecular formula is C25H30F2N6O3S. The molecule has 0 radical (unpaired) electrons. The van der Waals surface area contributed by atoms with Crippen LogP contribution < -0.4 is 5.48 Å². The zero-order valence-electron chi connectivity index (χ0n) is 21.8. The van der Waals surface area contributed by atoms with Gasteiger partial charge in [-0.15, -0.1) is 4.28 Å². The van der Waals surface area contributed by atoms with Gasteiger partial charge in [0.25, 0.3) is 10.1 Å². The van der Waals surface area contributed by atoms with Gasteiger partial charge in [-0.05, 0) is 29.7 Å². The lowest BCUT2D eigenvalue weighted by molar-refractivity contribution is 0.339. The predicted molar refractivity (Wildman–Crippen MR) is 138 cm³/mol. The highest BCUT2D eigenvalue weighted by molar-refractivity contribution is 7.86. The second-order valence-electron chi connectivity index (χ2n) is 11.2. The molecule has 0 aliphatic carbocycles. The van der Waals surface area contributed by atoms with Crippen LogP contribution in [-0.4, -0.2) is 39.2 Å². The van der Waals surface area contributed by atoms with Gasteiger partial charge >= 0.3 is 0 Å². The van der Waals surface area contributed by atoms with Crippen molar-refractivity contribution in [1.82, 2.24) is 24.5 Å². The van der Waals surface area contributed by atoms with Crippen LogP contribution in [0.25, 0.3) is 33.8 Å². The average Bonchev–Trinajstić information content (AvgIpc) is 3.33. The molecule has 9 nitrogen and oxygen atoms in total. The van der Waals surface area contributed by atoms with Gasteiger partial charge in [0.15, 0.2) is 5.65 Å². The van der Waals surface area contributed by atoms with Crippen molar-refractivity contribution >= 4 is 27.2 Å². The molecular weight excluding hydrogens is 502 g/mol. The van der Waals surface area contributed by atoms with E-state index >= 15 is 0 Å². The van der Waals surface area contributed by atoms with Gasteiger partial charge in [0.1, 0.15) is 28.7 Å². The Bertz CT molecular complexity index is 1580. The van der Waals surface area contributed by atoms with Crippen LogP contribution in [0.3, 0.4) is 0 Å². The minimum Gasteiger partial charge on any atom is -0.341 e. The normalized spacial score (nSPS) is 12.9. The number of nitrogens with one attached hydrogen (secondary N) is 2. The summed E-state index contributed by atoms with van der Waals surface area (Å²) in [5.74, 6) is -0.633. The number of rotatable bonds is 6. The minimum absolute atomic E-state index is 0.161. The molecule has 0 atom stereocenters. The van der Waals surface area contributed by atoms with Crippen molar-refractivity contribution in [3.63, 3.8) is 0 Å². The fourth-order valence-corrected chi connectivity index (χ4v) is 3.98. The van der Waals surface area contributed by atoms with Crippen LogP contribution in [0.15, 0.2) is 30.3 Å². The van der Waals surface area contributed by atoms with Crippen molar-refractivity contribution in [2.45, 2.75) is 53.5 Å². The molecule has 0 spiro atoms. The smallest absolute Gasteiger partial charge is 0.285 e. The molecule has 2 N–H and O–H groups in total. The molecule has 0 fully saturated rings. The number of aromatic nitrogens is 5. The third kappa shape index (κ3) is 5.96. The van der Waals surface area contributed by atoms with Crippen molar-refractivity contribution < 1.29 is 21.5 Å². The Labute approximate surface area is 214 Å². The number of aromatic amines is 1. The molecule has 12 heteroatoms. The van der Waals surface area contributed by atoms with Crippen LogP contribution in [0, 0.1) is 17.0 Å². The summed E-state index contributed by atoms with van der Waals surface area (Å²) in [5, 5.41) is 0. The fraction of sp³-hybridized carbons (Fsp3) is 0.400. The summed E-state index contributed by atoms with van der Waals surface area (Å²) in [4.78, 5) is 17.2. The number of H-pyrrole nitrogens is 1. The van der Waals surface area contributed by atoms with Gasteiger partial charge < -0.3 is 4.98 Å². The van der Waals surface area contributed by atoms with E-state index in [1.807, 2.05) is 41.5 Å². The first-order valence-corrected chi connectivity index (χ1v) is 13.4. The second-order valence-corrected chi connectivity index (χ2v) is 12.8. The number of hydrogen-bond acceptors (Lipinski definition) is 7. The molecule has 198 valence electrons. The zero-order valence-corrected chi connectivity index (χ0v) is 22.6. The van der Waals surface area contributed by atoms with E-state index in [1.165, 1.54) is 12.1 Å². The summed E-state index contributed by atoms with van der Waals surface area (Å²) < 4.78 is 58.1. The first kappa shape index (κ1) is 26.7. The lowest BCUT2D eigenvalue weighted by atomic mass is 9.96. The zero-order chi connectivity index (χ0) is 27.3. The molecule has 4 aromatic rings. The lowest BCUT2D eigenvalue weighted by Crippen LogP contribution is -2.19. The summed E-state index contributed by atoms with van der Waals surface area (Å²) in [5.41, 5.74) is 4.11. The number of benzene rings is 1. The first-order valence-electron chi connectivity index (χ1n) is 11.6. The average molecular weight is 533 g/mol. The van der Waals surface area contributed by atoms with Crippen molar-refractivity contribution in [3.8, 4) is 22.6 Å². The molecule has 0 bridgehead atoms. The second kappa shape index (κ2) is 9.18. The number of fused-ring (bicyclic) bond motifs is 1. The molecule has 0 saturated carbocycles. The predicted octanol–water partition coefficient (Wildman–Crippen LogP) is 5.41. The maximum atomic E-state index is 14.8. The summed E-state index contributed by atoms with van der Waals surface area (Å²) in [6, 6.07) is 6.80. The number of halogens is 2. The van der Waals surface area contributed by atoms with Crippen molar-refractivity contribution in [3.05, 3.63) is 47.8 Å². The van der Waals surface area contributed by atoms with Crippen LogP contribution >= 0.6 is 0 Å². The van der Waals surface area contributed by atoms with Crippen LogP contribution in [0.2, 0.25) is 0 Å². The van der Waals surface area contributed by atoms with Crippen molar-refractivity contribution in [2.75, 3.05) is 11.7 Å². The first-order chi connectivity index (χ1) is 17.0. The Balaban J connectivity index is 1.92. The van der Waals surface area contributed by atoms with Crippen LogP contribution in [0.5, 0.6) is 0 Å². The Morgan fingerprint density at radius 1 is 1.03 bits per heavy atom. The van der Waals surface area contributed by atoms with E-state index in [-0.39, 0.29) is 22.3 Å². The Hall–Kier alpha value is -3.38. The molecule has 37 heavy (non-hydrogen) atoms. The third-order valence-corrected chi connectivity index (χ3v) is 5.75. The Morgan fingerprint density at radius 3 is 2.32 bits per heavy atom. The Kier molecular flexibility index (Phi) is 6.62. The lowest BCUT2D eigenvalue weighted by Gasteiger charge is -2.20. The van der Waals surface area contributed by atoms with Crippen molar-refractivity contribution in [1.29, 1.82) is 0 Å². The fourth-order valence-electron chi connectivity index (χ4n) is 3.75. The van der Waals surface area contributed by atoms with Crippen LogP contribution in [0.4, 0.5) is 14.7 Å². The SMILES string of the molecule is CC(C)(C)Cn1c(NOS(C)(=O)=O)nc2ccc(-c3nc(C(C)(C)C)[nH]c3-c3ccc(F)cc3F)nc21. The summed E-state index contributed by atoms with van der Waals surface area (Å²) in [6.07, 6.45) is 0.924. The molecule has 0 aliphatic heterocycles. The highest BCUT2D eigenvalue weighted by Gasteiger charge is 2.26. The van der Waals surface area contributed by atoms with E-state index in [0.29, 0.717) is 40.6 Å². The highest BCUT2D eigenvalue weighted by atomic mass is 32.2.